The lowest BCUT2D eigenvalue weighted by molar-refractivity contribution is -0.902. The molecule has 0 heterocycles. The van der Waals surface area contributed by atoms with Gasteiger partial charge < -0.3 is 18.4 Å². The fourth-order valence-electron chi connectivity index (χ4n) is 5.43. The quantitative estimate of drug-likeness (QED) is 0.0483. The maximum atomic E-state index is 12.4. The molecule has 0 aliphatic rings. The van der Waals surface area contributed by atoms with Crippen molar-refractivity contribution in [2.45, 2.75) is 149 Å². The Hall–Kier alpha value is -1.14. The molecule has 244 valence electrons. The highest BCUT2D eigenvalue weighted by Crippen LogP contribution is 2.12. The Balaban J connectivity index is 3.81. The van der Waals surface area contributed by atoms with E-state index in [1.807, 2.05) is 0 Å². The number of carbonyl (C=O) groups excluding carboxylic acids is 2. The van der Waals surface area contributed by atoms with Crippen molar-refractivity contribution in [2.24, 2.45) is 0 Å². The van der Waals surface area contributed by atoms with E-state index < -0.39 is 0 Å². The van der Waals surface area contributed by atoms with Gasteiger partial charge in [0.05, 0.1) is 54.5 Å². The molecule has 0 atom stereocenters. The Kier molecular flexibility index (Phi) is 25.7. The molecular weight excluding hydrogens is 512 g/mol. The van der Waals surface area contributed by atoms with Crippen LogP contribution in [0.2, 0.25) is 0 Å². The van der Waals surface area contributed by atoms with Crippen molar-refractivity contribution in [3.8, 4) is 0 Å². The molecule has 0 amide bonds. The summed E-state index contributed by atoms with van der Waals surface area (Å²) >= 11 is 0. The summed E-state index contributed by atoms with van der Waals surface area (Å²) in [6.07, 6.45) is 26.5. The average molecular weight is 585 g/mol. The van der Waals surface area contributed by atoms with E-state index >= 15 is 0 Å². The van der Waals surface area contributed by atoms with Crippen LogP contribution >= 0.6 is 0 Å². The van der Waals surface area contributed by atoms with Gasteiger partial charge >= 0.3 is 11.9 Å². The SMILES string of the molecule is CCCCCCCCCCCCOC(=O)C[N+](C)(C)CCC[N+](C)(C)CC(=O)OCCCCCCCCCCCC. The Morgan fingerprint density at radius 3 is 0.976 bits per heavy atom. The highest BCUT2D eigenvalue weighted by molar-refractivity contribution is 5.70. The average Bonchev–Trinajstić information content (AvgIpc) is 2.89. The first-order chi connectivity index (χ1) is 19.6. The van der Waals surface area contributed by atoms with Gasteiger partial charge in [0, 0.05) is 6.42 Å². The van der Waals surface area contributed by atoms with E-state index in [1.165, 1.54) is 103 Å². The second-order valence-electron chi connectivity index (χ2n) is 13.8. The molecule has 0 rings (SSSR count). The van der Waals surface area contributed by atoms with Crippen LogP contribution in [0.15, 0.2) is 0 Å². The molecule has 0 bridgehead atoms. The summed E-state index contributed by atoms with van der Waals surface area (Å²) in [5.41, 5.74) is 0. The summed E-state index contributed by atoms with van der Waals surface area (Å²) in [7, 11) is 8.34. The molecule has 0 aromatic heterocycles. The van der Waals surface area contributed by atoms with E-state index in [0.717, 1.165) is 45.2 Å². The number of hydrogen-bond donors (Lipinski definition) is 0. The van der Waals surface area contributed by atoms with E-state index in [9.17, 15) is 9.59 Å². The highest BCUT2D eigenvalue weighted by Gasteiger charge is 2.25. The van der Waals surface area contributed by atoms with Crippen LogP contribution < -0.4 is 0 Å². The molecule has 0 saturated carbocycles. The van der Waals surface area contributed by atoms with Crippen LogP contribution in [0.5, 0.6) is 0 Å². The zero-order valence-corrected chi connectivity index (χ0v) is 28.6. The van der Waals surface area contributed by atoms with Gasteiger partial charge in [-0.1, -0.05) is 129 Å². The molecular formula is C35H72N2O4+2. The van der Waals surface area contributed by atoms with Gasteiger partial charge in [0.25, 0.3) is 0 Å². The minimum absolute atomic E-state index is 0.102. The first-order valence-electron chi connectivity index (χ1n) is 17.6. The predicted molar refractivity (Wildman–Crippen MR) is 174 cm³/mol. The van der Waals surface area contributed by atoms with Crippen molar-refractivity contribution < 1.29 is 28.0 Å². The fourth-order valence-corrected chi connectivity index (χ4v) is 5.43. The Labute approximate surface area is 256 Å². The molecule has 0 aromatic rings. The first-order valence-corrected chi connectivity index (χ1v) is 17.6. The van der Waals surface area contributed by atoms with Crippen molar-refractivity contribution in [2.75, 3.05) is 67.6 Å². The van der Waals surface area contributed by atoms with Crippen LogP contribution in [-0.2, 0) is 19.1 Å². The standard InChI is InChI=1S/C35H72N2O4/c1-7-9-11-13-15-17-19-21-23-25-30-40-34(38)32-36(3,4)28-27-29-37(5,6)33-35(39)41-31-26-24-22-20-18-16-14-12-10-8-2/h7-33H2,1-6H3/q+2. The van der Waals surface area contributed by atoms with Crippen LogP contribution in [0.4, 0.5) is 0 Å². The van der Waals surface area contributed by atoms with Gasteiger partial charge in [0.2, 0.25) is 0 Å². The Morgan fingerprint density at radius 2 is 0.683 bits per heavy atom. The van der Waals surface area contributed by atoms with Gasteiger partial charge in [0.15, 0.2) is 13.1 Å². The largest absolute Gasteiger partial charge is 0.462 e. The molecule has 0 aliphatic heterocycles. The minimum atomic E-state index is -0.102. The van der Waals surface area contributed by atoms with E-state index in [4.69, 9.17) is 9.47 Å². The van der Waals surface area contributed by atoms with Gasteiger partial charge in [-0.15, -0.1) is 0 Å². The minimum Gasteiger partial charge on any atom is -0.462 e. The summed E-state index contributed by atoms with van der Waals surface area (Å²) in [6.45, 7) is 8.15. The summed E-state index contributed by atoms with van der Waals surface area (Å²) in [6, 6.07) is 0. The number of esters is 2. The second kappa shape index (κ2) is 26.5. The van der Waals surface area contributed by atoms with Gasteiger partial charge in [-0.05, 0) is 12.8 Å². The molecule has 0 N–H and O–H groups in total. The summed E-state index contributed by atoms with van der Waals surface area (Å²) in [5, 5.41) is 0. The third-order valence-electron chi connectivity index (χ3n) is 8.16. The van der Waals surface area contributed by atoms with Crippen molar-refractivity contribution in [1.29, 1.82) is 0 Å². The van der Waals surface area contributed by atoms with Crippen LogP contribution in [0, 0.1) is 0 Å². The fraction of sp³-hybridized carbons (Fsp3) is 0.943. The molecule has 0 fully saturated rings. The van der Waals surface area contributed by atoms with Crippen molar-refractivity contribution in [1.82, 2.24) is 0 Å². The number of nitrogens with zero attached hydrogens (tertiary/aromatic N) is 2. The number of likely N-dealkylation sites (N-methyl/N-ethyl adjacent to an activating group) is 2. The van der Waals surface area contributed by atoms with E-state index in [1.54, 1.807) is 0 Å². The van der Waals surface area contributed by atoms with Crippen LogP contribution in [-0.4, -0.2) is 88.5 Å². The van der Waals surface area contributed by atoms with Crippen molar-refractivity contribution in [3.05, 3.63) is 0 Å². The van der Waals surface area contributed by atoms with Crippen LogP contribution in [0.1, 0.15) is 149 Å². The second-order valence-corrected chi connectivity index (χ2v) is 13.8. The number of quaternary nitrogens is 2. The van der Waals surface area contributed by atoms with Gasteiger partial charge in [-0.2, -0.15) is 0 Å². The number of hydrogen-bond acceptors (Lipinski definition) is 4. The van der Waals surface area contributed by atoms with E-state index in [0.29, 0.717) is 35.3 Å². The predicted octanol–water partition coefficient (Wildman–Crippen LogP) is 8.46. The molecule has 0 aromatic carbocycles. The first kappa shape index (κ1) is 39.9. The monoisotopic (exact) mass is 585 g/mol. The van der Waals surface area contributed by atoms with E-state index in [2.05, 4.69) is 42.0 Å². The molecule has 0 spiro atoms. The van der Waals surface area contributed by atoms with E-state index in [-0.39, 0.29) is 11.9 Å². The number of ether oxygens (including phenoxy) is 2. The van der Waals surface area contributed by atoms with Crippen LogP contribution in [0.3, 0.4) is 0 Å². The molecule has 6 heteroatoms. The molecule has 0 unspecified atom stereocenters. The lowest BCUT2D eigenvalue weighted by Crippen LogP contribution is -2.49. The zero-order valence-electron chi connectivity index (χ0n) is 28.6. The number of carbonyl (C=O) groups is 2. The summed E-state index contributed by atoms with van der Waals surface area (Å²) in [4.78, 5) is 24.7. The molecule has 41 heavy (non-hydrogen) atoms. The highest BCUT2D eigenvalue weighted by atomic mass is 16.5. The zero-order chi connectivity index (χ0) is 30.7. The van der Waals surface area contributed by atoms with Crippen molar-refractivity contribution in [3.63, 3.8) is 0 Å². The van der Waals surface area contributed by atoms with Crippen molar-refractivity contribution >= 4 is 11.9 Å². The summed E-state index contributed by atoms with van der Waals surface area (Å²) < 4.78 is 12.3. The smallest absolute Gasteiger partial charge is 0.361 e. The molecule has 0 aliphatic carbocycles. The molecule has 6 nitrogen and oxygen atoms in total. The summed E-state index contributed by atoms with van der Waals surface area (Å²) in [5.74, 6) is -0.203. The van der Waals surface area contributed by atoms with Gasteiger partial charge in [0.1, 0.15) is 0 Å². The molecule has 0 radical (unpaired) electrons. The van der Waals surface area contributed by atoms with Crippen LogP contribution in [0.25, 0.3) is 0 Å². The van der Waals surface area contributed by atoms with Gasteiger partial charge in [-0.25, -0.2) is 9.59 Å². The third-order valence-corrected chi connectivity index (χ3v) is 8.16. The maximum absolute atomic E-state index is 12.4. The lowest BCUT2D eigenvalue weighted by atomic mass is 10.1. The Bertz CT molecular complexity index is 569. The normalized spacial score (nSPS) is 12.0. The lowest BCUT2D eigenvalue weighted by Gasteiger charge is -2.32. The number of unbranched alkanes of at least 4 members (excludes halogenated alkanes) is 18. The molecule has 0 saturated heterocycles. The Morgan fingerprint density at radius 1 is 0.415 bits per heavy atom. The van der Waals surface area contributed by atoms with Gasteiger partial charge in [-0.3, -0.25) is 0 Å². The third kappa shape index (κ3) is 28.7. The maximum Gasteiger partial charge on any atom is 0.361 e. The topological polar surface area (TPSA) is 52.6 Å². The number of rotatable bonds is 30.